The van der Waals surface area contributed by atoms with Crippen LogP contribution in [0.3, 0.4) is 0 Å². The molecule has 0 aromatic heterocycles. The highest BCUT2D eigenvalue weighted by molar-refractivity contribution is 8.01. The van der Waals surface area contributed by atoms with Crippen molar-refractivity contribution in [2.75, 3.05) is 25.4 Å². The highest BCUT2D eigenvalue weighted by atomic mass is 32.2. The third-order valence-electron chi connectivity index (χ3n) is 3.68. The number of rotatable bonds is 0. The summed E-state index contributed by atoms with van der Waals surface area (Å²) in [5, 5.41) is 3.20. The van der Waals surface area contributed by atoms with Crippen LogP contribution in [0.15, 0.2) is 0 Å². The van der Waals surface area contributed by atoms with E-state index in [0.29, 0.717) is 5.75 Å². The van der Waals surface area contributed by atoms with Gasteiger partial charge in [0.05, 0.1) is 18.8 Å². The molecule has 0 aromatic rings. The molecule has 3 nitrogen and oxygen atoms in total. The Morgan fingerprint density at radius 1 is 1.46 bits per heavy atom. The molecule has 4 fully saturated rings. The summed E-state index contributed by atoms with van der Waals surface area (Å²) in [6, 6.07) is 0. The van der Waals surface area contributed by atoms with Crippen molar-refractivity contribution in [1.82, 2.24) is 5.32 Å². The van der Waals surface area contributed by atoms with Crippen LogP contribution in [-0.2, 0) is 4.79 Å². The molecular weight excluding hydrogens is 184 g/mol. The fraction of sp³-hybridized carbons (Fsp3) is 0.889. The molecule has 0 saturated carbocycles. The predicted octanol–water partition coefficient (Wildman–Crippen LogP) is -1.15. The Hall–Kier alpha value is -0.220. The predicted molar refractivity (Wildman–Crippen MR) is 51.6 cm³/mol. The molecule has 1 unspecified atom stereocenters. The zero-order valence-electron chi connectivity index (χ0n) is 7.64. The average molecular weight is 199 g/mol. The van der Waals surface area contributed by atoms with Gasteiger partial charge in [0.15, 0.2) is 0 Å². The third-order valence-corrected chi connectivity index (χ3v) is 5.18. The largest absolute Gasteiger partial charge is 0.336 e. The first-order valence-electron chi connectivity index (χ1n) is 5.07. The van der Waals surface area contributed by atoms with Crippen LogP contribution >= 0.6 is 11.8 Å². The van der Waals surface area contributed by atoms with Crippen LogP contribution in [0, 0.1) is 5.92 Å². The molecular formula is C9H15N2OS+. The Morgan fingerprint density at radius 3 is 2.69 bits per heavy atom. The summed E-state index contributed by atoms with van der Waals surface area (Å²) in [5.41, 5.74) is 0. The van der Waals surface area contributed by atoms with Gasteiger partial charge in [0, 0.05) is 18.8 Å². The van der Waals surface area contributed by atoms with Crippen LogP contribution in [-0.4, -0.2) is 36.2 Å². The fourth-order valence-corrected chi connectivity index (χ4v) is 4.43. The van der Waals surface area contributed by atoms with Crippen LogP contribution < -0.4 is 10.2 Å². The molecule has 4 aliphatic rings. The van der Waals surface area contributed by atoms with Gasteiger partial charge in [-0.1, -0.05) is 0 Å². The highest BCUT2D eigenvalue weighted by Gasteiger charge is 2.53. The second-order valence-electron chi connectivity index (χ2n) is 4.43. The molecule has 0 aromatic carbocycles. The Kier molecular flexibility index (Phi) is 1.65. The van der Waals surface area contributed by atoms with Gasteiger partial charge in [0.2, 0.25) is 5.91 Å². The molecule has 4 aliphatic heterocycles. The zero-order chi connectivity index (χ0) is 8.89. The van der Waals surface area contributed by atoms with Crippen molar-refractivity contribution >= 4 is 17.7 Å². The summed E-state index contributed by atoms with van der Waals surface area (Å²) in [6.07, 6.45) is 2.62. The number of piperidine rings is 3. The molecule has 0 radical (unpaired) electrons. The van der Waals surface area contributed by atoms with E-state index < -0.39 is 0 Å². The smallest absolute Gasteiger partial charge is 0.231 e. The first kappa shape index (κ1) is 8.12. The minimum atomic E-state index is 0.142. The van der Waals surface area contributed by atoms with E-state index in [-0.39, 0.29) is 10.8 Å². The summed E-state index contributed by atoms with van der Waals surface area (Å²) in [5.74, 6) is 1.68. The van der Waals surface area contributed by atoms with Crippen LogP contribution in [0.5, 0.6) is 0 Å². The van der Waals surface area contributed by atoms with Crippen molar-refractivity contribution < 1.29 is 9.69 Å². The number of amides is 1. The van der Waals surface area contributed by atoms with Crippen LogP contribution in [0.1, 0.15) is 12.8 Å². The van der Waals surface area contributed by atoms with Crippen molar-refractivity contribution in [3.8, 4) is 0 Å². The van der Waals surface area contributed by atoms with E-state index in [1.807, 2.05) is 11.8 Å². The Bertz CT molecular complexity index is 250. The second-order valence-corrected chi connectivity index (χ2v) is 5.73. The minimum Gasteiger partial charge on any atom is -0.336 e. The number of carbonyl (C=O) groups excluding carboxylic acids is 1. The molecule has 2 bridgehead atoms. The summed E-state index contributed by atoms with van der Waals surface area (Å²) in [6.45, 7) is 3.81. The van der Waals surface area contributed by atoms with Crippen LogP contribution in [0.25, 0.3) is 0 Å². The van der Waals surface area contributed by atoms with E-state index in [0.717, 1.165) is 12.5 Å². The lowest BCUT2D eigenvalue weighted by molar-refractivity contribution is -0.919. The van der Waals surface area contributed by atoms with E-state index in [1.165, 1.54) is 25.9 Å². The number of hydrogen-bond donors (Lipinski definition) is 2. The topological polar surface area (TPSA) is 33.5 Å². The van der Waals surface area contributed by atoms with E-state index in [2.05, 4.69) is 5.32 Å². The van der Waals surface area contributed by atoms with Gasteiger partial charge in [-0.2, -0.15) is 0 Å². The number of carbonyl (C=O) groups is 1. The van der Waals surface area contributed by atoms with E-state index in [9.17, 15) is 4.79 Å². The molecule has 1 amide bonds. The fourth-order valence-electron chi connectivity index (χ4n) is 3.00. The quantitative estimate of drug-likeness (QED) is 0.517. The maximum absolute atomic E-state index is 11.3. The highest BCUT2D eigenvalue weighted by Crippen LogP contribution is 2.40. The van der Waals surface area contributed by atoms with Crippen molar-refractivity contribution in [2.24, 2.45) is 5.92 Å². The van der Waals surface area contributed by atoms with Crippen molar-refractivity contribution in [3.63, 3.8) is 0 Å². The molecule has 4 rings (SSSR count). The van der Waals surface area contributed by atoms with Crippen LogP contribution in [0.2, 0.25) is 0 Å². The SMILES string of the molecule is O=C1CSC2(C[NH+]3CCC2CC3)N1. The van der Waals surface area contributed by atoms with Crippen molar-refractivity contribution in [2.45, 2.75) is 17.7 Å². The lowest BCUT2D eigenvalue weighted by Gasteiger charge is -2.47. The van der Waals surface area contributed by atoms with E-state index >= 15 is 0 Å². The standard InChI is InChI=1S/C9H14N2OS/c12-8-5-13-9(10-8)6-11-3-1-7(9)2-4-11/h7H,1-6H2,(H,10,12)/p+1. The van der Waals surface area contributed by atoms with Crippen molar-refractivity contribution in [1.29, 1.82) is 0 Å². The number of fused-ring (bicyclic) bond motifs is 2. The zero-order valence-corrected chi connectivity index (χ0v) is 8.45. The molecule has 2 N–H and O–H groups in total. The first-order chi connectivity index (χ1) is 6.28. The van der Waals surface area contributed by atoms with Crippen LogP contribution in [0.4, 0.5) is 0 Å². The maximum atomic E-state index is 11.3. The summed E-state index contributed by atoms with van der Waals surface area (Å²) < 4.78 is 0. The molecule has 4 heterocycles. The molecule has 4 heteroatoms. The average Bonchev–Trinajstić information content (AvgIpc) is 2.49. The summed E-state index contributed by atoms with van der Waals surface area (Å²) in [7, 11) is 0. The molecule has 1 spiro atoms. The van der Waals surface area contributed by atoms with Gasteiger partial charge in [0.25, 0.3) is 0 Å². The number of quaternary nitrogens is 1. The van der Waals surface area contributed by atoms with Crippen molar-refractivity contribution in [3.05, 3.63) is 0 Å². The van der Waals surface area contributed by atoms with Gasteiger partial charge >= 0.3 is 0 Å². The molecule has 72 valence electrons. The van der Waals surface area contributed by atoms with Gasteiger partial charge in [-0.25, -0.2) is 0 Å². The van der Waals surface area contributed by atoms with Gasteiger partial charge in [-0.3, -0.25) is 4.79 Å². The van der Waals surface area contributed by atoms with E-state index in [1.54, 1.807) is 4.90 Å². The van der Waals surface area contributed by atoms with Gasteiger partial charge in [-0.05, 0) is 0 Å². The molecule has 4 saturated heterocycles. The minimum absolute atomic E-state index is 0.142. The Morgan fingerprint density at radius 2 is 2.23 bits per heavy atom. The lowest BCUT2D eigenvalue weighted by Crippen LogP contribution is -3.18. The number of thioether (sulfide) groups is 1. The lowest BCUT2D eigenvalue weighted by atomic mass is 9.83. The number of hydrogen-bond acceptors (Lipinski definition) is 2. The maximum Gasteiger partial charge on any atom is 0.231 e. The summed E-state index contributed by atoms with van der Waals surface area (Å²) in [4.78, 5) is 13.1. The second kappa shape index (κ2) is 2.64. The molecule has 1 atom stereocenters. The normalized spacial score (nSPS) is 48.5. The van der Waals surface area contributed by atoms with Gasteiger partial charge in [0.1, 0.15) is 11.4 Å². The van der Waals surface area contributed by atoms with E-state index in [4.69, 9.17) is 0 Å². The Labute approximate surface area is 82.2 Å². The monoisotopic (exact) mass is 199 g/mol. The van der Waals surface area contributed by atoms with Gasteiger partial charge in [-0.15, -0.1) is 11.8 Å². The van der Waals surface area contributed by atoms with Gasteiger partial charge < -0.3 is 10.2 Å². The number of nitrogens with one attached hydrogen (secondary N) is 2. The molecule has 0 aliphatic carbocycles. The summed E-state index contributed by atoms with van der Waals surface area (Å²) >= 11 is 1.86. The Balaban J connectivity index is 1.87. The first-order valence-corrected chi connectivity index (χ1v) is 6.06. The molecule has 13 heavy (non-hydrogen) atoms. The third kappa shape index (κ3) is 1.12.